The van der Waals surface area contributed by atoms with Crippen molar-refractivity contribution < 1.29 is 4.74 Å². The number of halogens is 2. The van der Waals surface area contributed by atoms with E-state index >= 15 is 0 Å². The van der Waals surface area contributed by atoms with Crippen molar-refractivity contribution in [2.45, 2.75) is 32.9 Å². The summed E-state index contributed by atoms with van der Waals surface area (Å²) in [6.07, 6.45) is 0.624. The highest BCUT2D eigenvalue weighted by atomic mass is 79.9. The van der Waals surface area contributed by atoms with Gasteiger partial charge >= 0.3 is 0 Å². The minimum absolute atomic E-state index is 0.187. The molecule has 1 aromatic heterocycles. The lowest BCUT2D eigenvalue weighted by atomic mass is 10.0. The van der Waals surface area contributed by atoms with Gasteiger partial charge < -0.3 is 10.5 Å². The predicted molar refractivity (Wildman–Crippen MR) is 89.0 cm³/mol. The number of methoxy groups -OCH3 is 1. The fourth-order valence-electron chi connectivity index (χ4n) is 2.32. The number of aryl methyl sites for hydroxylation is 2. The van der Waals surface area contributed by atoms with E-state index in [9.17, 15) is 0 Å². The first kappa shape index (κ1) is 16.3. The van der Waals surface area contributed by atoms with Gasteiger partial charge in [0.25, 0.3) is 0 Å². The largest absolute Gasteiger partial charge is 0.497 e. The maximum atomic E-state index is 6.37. The second kappa shape index (κ2) is 6.81. The molecule has 1 atom stereocenters. The maximum Gasteiger partial charge on any atom is 0.119 e. The first-order chi connectivity index (χ1) is 9.97. The third kappa shape index (κ3) is 3.42. The van der Waals surface area contributed by atoms with Gasteiger partial charge in [0.1, 0.15) is 5.75 Å². The maximum absolute atomic E-state index is 6.37. The van der Waals surface area contributed by atoms with Gasteiger partial charge in [-0.3, -0.25) is 4.68 Å². The summed E-state index contributed by atoms with van der Waals surface area (Å²) < 4.78 is 8.14. The van der Waals surface area contributed by atoms with Gasteiger partial charge in [-0.05, 0) is 37.6 Å². The van der Waals surface area contributed by atoms with Gasteiger partial charge in [0.05, 0.1) is 23.5 Å². The second-order valence-corrected chi connectivity index (χ2v) is 6.09. The molecule has 6 heteroatoms. The third-order valence-electron chi connectivity index (χ3n) is 3.47. The van der Waals surface area contributed by atoms with Crippen molar-refractivity contribution in [3.05, 3.63) is 44.6 Å². The standard InChI is InChI=1S/C15H19BrClN3O/c1-4-20-14(15(17)9(2)19-20)8-13(18)11-7-10(21-3)5-6-12(11)16/h5-7,13H,4,8,18H2,1-3H3. The molecule has 0 aliphatic heterocycles. The first-order valence-electron chi connectivity index (χ1n) is 6.78. The zero-order valence-corrected chi connectivity index (χ0v) is 14.7. The van der Waals surface area contributed by atoms with Crippen LogP contribution in [0.3, 0.4) is 0 Å². The van der Waals surface area contributed by atoms with Crippen LogP contribution in [0.4, 0.5) is 0 Å². The Kier molecular flexibility index (Phi) is 5.30. The van der Waals surface area contributed by atoms with Crippen molar-refractivity contribution in [2.75, 3.05) is 7.11 Å². The molecular weight excluding hydrogens is 354 g/mol. The van der Waals surface area contributed by atoms with Crippen LogP contribution < -0.4 is 10.5 Å². The minimum Gasteiger partial charge on any atom is -0.497 e. The molecule has 4 nitrogen and oxygen atoms in total. The number of hydrogen-bond acceptors (Lipinski definition) is 3. The summed E-state index contributed by atoms with van der Waals surface area (Å²) in [5, 5.41) is 5.12. The Bertz CT molecular complexity index is 642. The lowest BCUT2D eigenvalue weighted by Gasteiger charge is -2.16. The number of hydrogen-bond donors (Lipinski definition) is 1. The number of benzene rings is 1. The highest BCUT2D eigenvalue weighted by molar-refractivity contribution is 9.10. The summed E-state index contributed by atoms with van der Waals surface area (Å²) >= 11 is 9.89. The lowest BCUT2D eigenvalue weighted by molar-refractivity contribution is 0.413. The predicted octanol–water partition coefficient (Wildman–Crippen LogP) is 3.88. The fraction of sp³-hybridized carbons (Fsp3) is 0.400. The van der Waals surface area contributed by atoms with E-state index in [2.05, 4.69) is 21.0 Å². The van der Waals surface area contributed by atoms with Crippen molar-refractivity contribution >= 4 is 27.5 Å². The summed E-state index contributed by atoms with van der Waals surface area (Å²) in [6, 6.07) is 5.60. The van der Waals surface area contributed by atoms with Crippen LogP contribution in [0.5, 0.6) is 5.75 Å². The van der Waals surface area contributed by atoms with E-state index in [4.69, 9.17) is 22.1 Å². The van der Waals surface area contributed by atoms with Gasteiger partial charge in [-0.2, -0.15) is 5.10 Å². The molecule has 1 unspecified atom stereocenters. The van der Waals surface area contributed by atoms with Crippen molar-refractivity contribution in [1.82, 2.24) is 9.78 Å². The van der Waals surface area contributed by atoms with Crippen LogP contribution in [-0.4, -0.2) is 16.9 Å². The minimum atomic E-state index is -0.187. The first-order valence-corrected chi connectivity index (χ1v) is 7.95. The fourth-order valence-corrected chi connectivity index (χ4v) is 3.07. The van der Waals surface area contributed by atoms with E-state index in [-0.39, 0.29) is 6.04 Å². The molecular formula is C15H19BrClN3O. The number of rotatable bonds is 5. The van der Waals surface area contributed by atoms with Crippen LogP contribution in [0, 0.1) is 6.92 Å². The summed E-state index contributed by atoms with van der Waals surface area (Å²) in [4.78, 5) is 0. The topological polar surface area (TPSA) is 53.1 Å². The average Bonchev–Trinajstić information content (AvgIpc) is 2.75. The Morgan fingerprint density at radius 3 is 2.81 bits per heavy atom. The quantitative estimate of drug-likeness (QED) is 0.866. The number of nitrogens with two attached hydrogens (primary N) is 1. The smallest absolute Gasteiger partial charge is 0.119 e. The Labute approximate surface area is 138 Å². The second-order valence-electron chi connectivity index (χ2n) is 4.86. The third-order valence-corrected chi connectivity index (χ3v) is 4.68. The number of aromatic nitrogens is 2. The Balaban J connectivity index is 2.32. The summed E-state index contributed by atoms with van der Waals surface area (Å²) in [7, 11) is 1.64. The zero-order valence-electron chi connectivity index (χ0n) is 12.4. The van der Waals surface area contributed by atoms with Crippen LogP contribution in [-0.2, 0) is 13.0 Å². The van der Waals surface area contributed by atoms with Gasteiger partial charge in [0.2, 0.25) is 0 Å². The van der Waals surface area contributed by atoms with E-state index in [0.29, 0.717) is 11.4 Å². The molecule has 2 rings (SSSR count). The van der Waals surface area contributed by atoms with Gasteiger partial charge in [-0.25, -0.2) is 0 Å². The molecule has 0 amide bonds. The van der Waals surface area contributed by atoms with Crippen LogP contribution >= 0.6 is 27.5 Å². The van der Waals surface area contributed by atoms with E-state index in [1.165, 1.54) is 0 Å². The summed E-state index contributed by atoms with van der Waals surface area (Å²) in [5.74, 6) is 0.787. The molecule has 21 heavy (non-hydrogen) atoms. The molecule has 1 heterocycles. The molecule has 0 saturated heterocycles. The van der Waals surface area contributed by atoms with Crippen LogP contribution in [0.1, 0.15) is 29.9 Å². The molecule has 1 aromatic carbocycles. The Morgan fingerprint density at radius 1 is 1.48 bits per heavy atom. The molecule has 0 fully saturated rings. The zero-order chi connectivity index (χ0) is 15.6. The van der Waals surface area contributed by atoms with Crippen LogP contribution in [0.2, 0.25) is 5.02 Å². The average molecular weight is 373 g/mol. The van der Waals surface area contributed by atoms with Crippen LogP contribution in [0.25, 0.3) is 0 Å². The molecule has 0 radical (unpaired) electrons. The SMILES string of the molecule is CCn1nc(C)c(Cl)c1CC(N)c1cc(OC)ccc1Br. The molecule has 0 aliphatic carbocycles. The Hall–Kier alpha value is -1.04. The van der Waals surface area contributed by atoms with Crippen molar-refractivity contribution in [3.63, 3.8) is 0 Å². The summed E-state index contributed by atoms with van der Waals surface area (Å²) in [6.45, 7) is 4.72. The highest BCUT2D eigenvalue weighted by Crippen LogP contribution is 2.30. The van der Waals surface area contributed by atoms with Crippen LogP contribution in [0.15, 0.2) is 22.7 Å². The van der Waals surface area contributed by atoms with E-state index < -0.39 is 0 Å². The van der Waals surface area contributed by atoms with Gasteiger partial charge in [0.15, 0.2) is 0 Å². The van der Waals surface area contributed by atoms with Gasteiger partial charge in [-0.1, -0.05) is 27.5 Å². The highest BCUT2D eigenvalue weighted by Gasteiger charge is 2.18. The van der Waals surface area contributed by atoms with Crippen molar-refractivity contribution in [3.8, 4) is 5.75 Å². The molecule has 0 aliphatic rings. The summed E-state index contributed by atoms with van der Waals surface area (Å²) in [5.41, 5.74) is 9.17. The molecule has 2 N–H and O–H groups in total. The van der Waals surface area contributed by atoms with Crippen molar-refractivity contribution in [1.29, 1.82) is 0 Å². The molecule has 0 bridgehead atoms. The molecule has 0 saturated carbocycles. The van der Waals surface area contributed by atoms with Crippen molar-refractivity contribution in [2.24, 2.45) is 5.73 Å². The molecule has 2 aromatic rings. The van der Waals surface area contributed by atoms with Gasteiger partial charge in [0, 0.05) is 23.5 Å². The van der Waals surface area contributed by atoms with E-state index in [0.717, 1.165) is 33.7 Å². The number of ether oxygens (including phenoxy) is 1. The van der Waals surface area contributed by atoms with Gasteiger partial charge in [-0.15, -0.1) is 0 Å². The number of nitrogens with zero attached hydrogens (tertiary/aromatic N) is 2. The van der Waals surface area contributed by atoms with E-state index in [1.54, 1.807) is 7.11 Å². The lowest BCUT2D eigenvalue weighted by Crippen LogP contribution is -2.17. The Morgan fingerprint density at radius 2 is 2.19 bits per heavy atom. The molecule has 114 valence electrons. The normalized spacial score (nSPS) is 12.5. The van der Waals surface area contributed by atoms with E-state index in [1.807, 2.05) is 36.7 Å². The monoisotopic (exact) mass is 371 g/mol. The molecule has 0 spiro atoms.